The number of carbonyl (C=O) groups excluding carboxylic acids is 1. The molecule has 0 spiro atoms. The molecule has 1 atom stereocenters. The van der Waals surface area contributed by atoms with E-state index in [0.717, 1.165) is 19.4 Å². The van der Waals surface area contributed by atoms with E-state index in [-0.39, 0.29) is 24.0 Å². The van der Waals surface area contributed by atoms with Crippen LogP contribution in [0, 0.1) is 0 Å². The van der Waals surface area contributed by atoms with E-state index in [1.807, 2.05) is 4.90 Å². The monoisotopic (exact) mass is 254 g/mol. The van der Waals surface area contributed by atoms with E-state index in [4.69, 9.17) is 10.5 Å². The Kier molecular flexibility index (Phi) is 3.42. The van der Waals surface area contributed by atoms with Crippen LogP contribution in [0.2, 0.25) is 0 Å². The van der Waals surface area contributed by atoms with Gasteiger partial charge < -0.3 is 20.5 Å². The Morgan fingerprint density at radius 3 is 3.00 bits per heavy atom. The van der Waals surface area contributed by atoms with Crippen molar-refractivity contribution in [1.82, 2.24) is 9.78 Å². The van der Waals surface area contributed by atoms with Crippen molar-refractivity contribution in [2.45, 2.75) is 18.9 Å². The summed E-state index contributed by atoms with van der Waals surface area (Å²) in [6.07, 6.45) is 1.84. The van der Waals surface area contributed by atoms with Crippen LogP contribution in [-0.2, 0) is 11.8 Å². The zero-order valence-electron chi connectivity index (χ0n) is 10.6. The van der Waals surface area contributed by atoms with Crippen LogP contribution in [0.5, 0.6) is 0 Å². The number of nitrogens with zero attached hydrogens (tertiary/aromatic N) is 3. The van der Waals surface area contributed by atoms with Crippen LogP contribution < -0.4 is 10.6 Å². The van der Waals surface area contributed by atoms with Crippen molar-refractivity contribution in [3.05, 3.63) is 5.56 Å². The van der Waals surface area contributed by atoms with Crippen molar-refractivity contribution in [2.75, 3.05) is 30.9 Å². The molecule has 3 N–H and O–H groups in total. The second-order valence-corrected chi connectivity index (χ2v) is 4.37. The number of aryl methyl sites for hydroxylation is 1. The number of rotatable bonds is 3. The highest BCUT2D eigenvalue weighted by atomic mass is 16.5. The predicted molar refractivity (Wildman–Crippen MR) is 66.4 cm³/mol. The largest absolute Gasteiger partial charge is 0.465 e. The number of nitrogens with two attached hydrogens (primary N) is 1. The topological polar surface area (TPSA) is 93.6 Å². The summed E-state index contributed by atoms with van der Waals surface area (Å²) in [5.74, 6) is 0.276. The lowest BCUT2D eigenvalue weighted by Gasteiger charge is -2.23. The third-order valence-corrected chi connectivity index (χ3v) is 3.32. The van der Waals surface area contributed by atoms with Gasteiger partial charge >= 0.3 is 5.97 Å². The molecule has 0 amide bonds. The van der Waals surface area contributed by atoms with E-state index in [2.05, 4.69) is 5.10 Å². The Morgan fingerprint density at radius 1 is 1.67 bits per heavy atom. The summed E-state index contributed by atoms with van der Waals surface area (Å²) in [5.41, 5.74) is 6.12. The highest BCUT2D eigenvalue weighted by molar-refractivity contribution is 5.99. The SMILES string of the molecule is COC(=O)c1c(N2CCCC2CO)nn(C)c1N. The van der Waals surface area contributed by atoms with E-state index in [0.29, 0.717) is 5.82 Å². The molecule has 1 aromatic rings. The number of esters is 1. The van der Waals surface area contributed by atoms with E-state index in [1.54, 1.807) is 7.05 Å². The molecule has 0 saturated carbocycles. The van der Waals surface area contributed by atoms with E-state index in [1.165, 1.54) is 11.8 Å². The molecular weight excluding hydrogens is 236 g/mol. The second-order valence-electron chi connectivity index (χ2n) is 4.37. The molecule has 1 aliphatic rings. The molecule has 0 aliphatic carbocycles. The van der Waals surface area contributed by atoms with Crippen molar-refractivity contribution < 1.29 is 14.6 Å². The van der Waals surface area contributed by atoms with E-state index in [9.17, 15) is 9.90 Å². The van der Waals surface area contributed by atoms with Crippen LogP contribution in [0.3, 0.4) is 0 Å². The molecule has 1 fully saturated rings. The minimum Gasteiger partial charge on any atom is -0.465 e. The summed E-state index contributed by atoms with van der Waals surface area (Å²) in [5, 5.41) is 13.6. The van der Waals surface area contributed by atoms with Gasteiger partial charge in [0.25, 0.3) is 0 Å². The van der Waals surface area contributed by atoms with Gasteiger partial charge in [-0.25, -0.2) is 4.79 Å². The third-order valence-electron chi connectivity index (χ3n) is 3.32. The number of anilines is 2. The molecule has 18 heavy (non-hydrogen) atoms. The quantitative estimate of drug-likeness (QED) is 0.722. The van der Waals surface area contributed by atoms with Gasteiger partial charge in [-0.15, -0.1) is 0 Å². The normalized spacial score (nSPS) is 19.3. The Morgan fingerprint density at radius 2 is 2.39 bits per heavy atom. The summed E-state index contributed by atoms with van der Waals surface area (Å²) >= 11 is 0. The molecule has 0 bridgehead atoms. The van der Waals surface area contributed by atoms with Crippen LogP contribution >= 0.6 is 0 Å². The molecule has 7 nitrogen and oxygen atoms in total. The maximum absolute atomic E-state index is 11.8. The Labute approximate surface area is 105 Å². The number of carbonyl (C=O) groups is 1. The van der Waals surface area contributed by atoms with Crippen molar-refractivity contribution >= 4 is 17.6 Å². The molecule has 1 saturated heterocycles. The maximum Gasteiger partial charge on any atom is 0.345 e. The van der Waals surface area contributed by atoms with E-state index >= 15 is 0 Å². The molecule has 7 heteroatoms. The van der Waals surface area contributed by atoms with Gasteiger partial charge in [0.15, 0.2) is 5.82 Å². The summed E-state index contributed by atoms with van der Waals surface area (Å²) < 4.78 is 6.19. The zero-order chi connectivity index (χ0) is 13.3. The van der Waals surface area contributed by atoms with Crippen molar-refractivity contribution in [3.63, 3.8) is 0 Å². The highest BCUT2D eigenvalue weighted by Gasteiger charge is 2.32. The smallest absolute Gasteiger partial charge is 0.345 e. The number of hydrogen-bond donors (Lipinski definition) is 2. The average Bonchev–Trinajstić information content (AvgIpc) is 2.94. The zero-order valence-corrected chi connectivity index (χ0v) is 10.6. The summed E-state index contributed by atoms with van der Waals surface area (Å²) in [6.45, 7) is 0.794. The molecule has 100 valence electrons. The number of hydrogen-bond acceptors (Lipinski definition) is 6. The Bertz CT molecular complexity index is 457. The number of aromatic nitrogens is 2. The second kappa shape index (κ2) is 4.85. The van der Waals surface area contributed by atoms with E-state index < -0.39 is 5.97 Å². The molecule has 1 aromatic heterocycles. The predicted octanol–water partition coefficient (Wildman–Crippen LogP) is -0.250. The van der Waals surface area contributed by atoms with Gasteiger partial charge in [0.05, 0.1) is 19.8 Å². The van der Waals surface area contributed by atoms with Crippen molar-refractivity contribution in [3.8, 4) is 0 Å². The first-order chi connectivity index (χ1) is 8.60. The summed E-state index contributed by atoms with van der Waals surface area (Å²) in [7, 11) is 2.99. The minimum atomic E-state index is -0.501. The molecule has 0 radical (unpaired) electrons. The fraction of sp³-hybridized carbons (Fsp3) is 0.636. The number of aliphatic hydroxyl groups excluding tert-OH is 1. The van der Waals surface area contributed by atoms with Gasteiger partial charge in [-0.1, -0.05) is 0 Å². The number of nitrogen functional groups attached to an aromatic ring is 1. The summed E-state index contributed by atoms with van der Waals surface area (Å²) in [4.78, 5) is 13.7. The molecule has 2 heterocycles. The van der Waals surface area contributed by atoms with Crippen LogP contribution in [0.4, 0.5) is 11.6 Å². The fourth-order valence-corrected chi connectivity index (χ4v) is 2.33. The Hall–Kier alpha value is -1.76. The molecule has 2 rings (SSSR count). The van der Waals surface area contributed by atoms with Gasteiger partial charge in [-0.3, -0.25) is 4.68 Å². The van der Waals surface area contributed by atoms with Crippen LogP contribution in [0.15, 0.2) is 0 Å². The van der Waals surface area contributed by atoms with Gasteiger partial charge in [0.1, 0.15) is 11.4 Å². The van der Waals surface area contributed by atoms with Gasteiger partial charge in [0, 0.05) is 13.6 Å². The number of methoxy groups -OCH3 is 1. The molecule has 1 aliphatic heterocycles. The molecule has 1 unspecified atom stereocenters. The first kappa shape index (κ1) is 12.7. The van der Waals surface area contributed by atoms with Gasteiger partial charge in [0.2, 0.25) is 0 Å². The number of aliphatic hydroxyl groups is 1. The first-order valence-corrected chi connectivity index (χ1v) is 5.88. The lowest BCUT2D eigenvalue weighted by molar-refractivity contribution is 0.0602. The molecular formula is C11H18N4O3. The van der Waals surface area contributed by atoms with Crippen LogP contribution in [-0.4, -0.2) is 47.2 Å². The third kappa shape index (κ3) is 1.90. The van der Waals surface area contributed by atoms with Gasteiger partial charge in [-0.2, -0.15) is 5.10 Å². The fourth-order valence-electron chi connectivity index (χ4n) is 2.33. The maximum atomic E-state index is 11.8. The first-order valence-electron chi connectivity index (χ1n) is 5.88. The lowest BCUT2D eigenvalue weighted by atomic mass is 10.2. The van der Waals surface area contributed by atoms with Crippen molar-refractivity contribution in [2.24, 2.45) is 7.05 Å². The number of ether oxygens (including phenoxy) is 1. The Balaban J connectivity index is 2.44. The lowest BCUT2D eigenvalue weighted by Crippen LogP contribution is -2.33. The van der Waals surface area contributed by atoms with Crippen LogP contribution in [0.25, 0.3) is 0 Å². The standard InChI is InChI=1S/C11H18N4O3/c1-14-9(12)8(11(17)18-2)10(13-14)15-5-3-4-7(15)6-16/h7,16H,3-6,12H2,1-2H3. The summed E-state index contributed by atoms with van der Waals surface area (Å²) in [6, 6.07) is -0.0114. The average molecular weight is 254 g/mol. The minimum absolute atomic E-state index is 0.0114. The van der Waals surface area contributed by atoms with Gasteiger partial charge in [-0.05, 0) is 12.8 Å². The van der Waals surface area contributed by atoms with Crippen molar-refractivity contribution in [1.29, 1.82) is 0 Å². The van der Waals surface area contributed by atoms with Crippen LogP contribution in [0.1, 0.15) is 23.2 Å². The highest BCUT2D eigenvalue weighted by Crippen LogP contribution is 2.30. The molecule has 0 aromatic carbocycles.